The van der Waals surface area contributed by atoms with Gasteiger partial charge in [-0.15, -0.1) is 11.3 Å². The minimum absolute atomic E-state index is 0.209. The van der Waals surface area contributed by atoms with Gasteiger partial charge in [0.05, 0.1) is 12.1 Å². The highest BCUT2D eigenvalue weighted by atomic mass is 32.2. The molecular formula is C18H21N3O4S2. The Bertz CT molecular complexity index is 928. The van der Waals surface area contributed by atoms with Crippen molar-refractivity contribution in [1.82, 2.24) is 9.62 Å². The Morgan fingerprint density at radius 3 is 2.59 bits per heavy atom. The first-order valence-electron chi connectivity index (χ1n) is 8.39. The van der Waals surface area contributed by atoms with Crippen LogP contribution in [0, 0.1) is 11.3 Å². The van der Waals surface area contributed by atoms with Crippen LogP contribution in [-0.4, -0.2) is 38.3 Å². The first-order valence-corrected chi connectivity index (χ1v) is 10.7. The Labute approximate surface area is 163 Å². The van der Waals surface area contributed by atoms with Gasteiger partial charge in [-0.05, 0) is 24.3 Å². The van der Waals surface area contributed by atoms with Gasteiger partial charge in [-0.1, -0.05) is 26.0 Å². The average molecular weight is 408 g/mol. The molecule has 0 bridgehead atoms. The minimum Gasteiger partial charge on any atom is -0.482 e. The highest BCUT2D eigenvalue weighted by Gasteiger charge is 2.23. The molecule has 0 aliphatic rings. The highest BCUT2D eigenvalue weighted by molar-refractivity contribution is 7.91. The molecule has 144 valence electrons. The fourth-order valence-electron chi connectivity index (χ4n) is 2.35. The third-order valence-corrected chi connectivity index (χ3v) is 7.37. The number of nitrogens with one attached hydrogen (secondary N) is 1. The van der Waals surface area contributed by atoms with E-state index in [0.717, 1.165) is 16.2 Å². The molecule has 0 saturated carbocycles. The zero-order valence-corrected chi connectivity index (χ0v) is 16.8. The maximum Gasteiger partial charge on any atom is 0.258 e. The maximum absolute atomic E-state index is 12.5. The van der Waals surface area contributed by atoms with E-state index in [1.54, 1.807) is 50.2 Å². The van der Waals surface area contributed by atoms with E-state index < -0.39 is 10.0 Å². The van der Waals surface area contributed by atoms with Crippen LogP contribution in [-0.2, 0) is 21.4 Å². The fraction of sp³-hybridized carbons (Fsp3) is 0.333. The number of hydrogen-bond donors (Lipinski definition) is 1. The third kappa shape index (κ3) is 5.29. The molecule has 0 saturated heterocycles. The van der Waals surface area contributed by atoms with Crippen molar-refractivity contribution in [2.24, 2.45) is 0 Å². The zero-order chi connectivity index (χ0) is 19.9. The number of sulfonamides is 1. The topological polar surface area (TPSA) is 99.5 Å². The predicted octanol–water partition coefficient (Wildman–Crippen LogP) is 2.35. The molecule has 1 amide bonds. The first-order chi connectivity index (χ1) is 12.9. The molecule has 2 aromatic rings. The van der Waals surface area contributed by atoms with E-state index in [9.17, 15) is 13.2 Å². The second-order valence-corrected chi connectivity index (χ2v) is 8.82. The van der Waals surface area contributed by atoms with E-state index in [-0.39, 0.29) is 23.3 Å². The number of benzene rings is 1. The van der Waals surface area contributed by atoms with Crippen molar-refractivity contribution in [3.05, 3.63) is 46.8 Å². The van der Waals surface area contributed by atoms with E-state index >= 15 is 0 Å². The lowest BCUT2D eigenvalue weighted by Gasteiger charge is -2.16. The Morgan fingerprint density at radius 1 is 1.22 bits per heavy atom. The standard InChI is InChI=1S/C18H21N3O4S2/c1-3-21(4-2)27(23,24)18-10-9-15(26-18)12-20-17(22)13-25-16-8-6-5-7-14(16)11-19/h5-10H,3-4,12-13H2,1-2H3,(H,20,22). The van der Waals surface area contributed by atoms with Gasteiger partial charge in [-0.25, -0.2) is 8.42 Å². The molecule has 0 unspecified atom stereocenters. The number of nitrogens with zero attached hydrogens (tertiary/aromatic N) is 2. The molecule has 7 nitrogen and oxygen atoms in total. The number of para-hydroxylation sites is 1. The van der Waals surface area contributed by atoms with Crippen LogP contribution in [0.2, 0.25) is 0 Å². The Kier molecular flexibility index (Phi) is 7.36. The number of ether oxygens (including phenoxy) is 1. The highest BCUT2D eigenvalue weighted by Crippen LogP contribution is 2.24. The minimum atomic E-state index is -3.49. The number of carbonyl (C=O) groups is 1. The smallest absolute Gasteiger partial charge is 0.258 e. The number of carbonyl (C=O) groups excluding carboxylic acids is 1. The predicted molar refractivity (Wildman–Crippen MR) is 103 cm³/mol. The number of thiophene rings is 1. The summed E-state index contributed by atoms with van der Waals surface area (Å²) >= 11 is 1.13. The van der Waals surface area contributed by atoms with E-state index in [1.807, 2.05) is 6.07 Å². The van der Waals surface area contributed by atoms with Gasteiger partial charge < -0.3 is 10.1 Å². The van der Waals surface area contributed by atoms with Crippen molar-refractivity contribution < 1.29 is 17.9 Å². The van der Waals surface area contributed by atoms with Crippen molar-refractivity contribution in [3.8, 4) is 11.8 Å². The van der Waals surface area contributed by atoms with Crippen LogP contribution in [0.4, 0.5) is 0 Å². The number of hydrogen-bond acceptors (Lipinski definition) is 6. The molecule has 0 fully saturated rings. The van der Waals surface area contributed by atoms with Crippen molar-refractivity contribution in [2.75, 3.05) is 19.7 Å². The SMILES string of the molecule is CCN(CC)S(=O)(=O)c1ccc(CNC(=O)COc2ccccc2C#N)s1. The summed E-state index contributed by atoms with van der Waals surface area (Å²) in [4.78, 5) is 12.7. The normalized spacial score (nSPS) is 11.2. The lowest BCUT2D eigenvalue weighted by molar-refractivity contribution is -0.123. The lowest BCUT2D eigenvalue weighted by atomic mass is 10.2. The summed E-state index contributed by atoms with van der Waals surface area (Å²) < 4.78 is 32.0. The number of rotatable bonds is 9. The molecule has 0 radical (unpaired) electrons. The van der Waals surface area contributed by atoms with E-state index in [4.69, 9.17) is 10.00 Å². The van der Waals surface area contributed by atoms with Crippen LogP contribution >= 0.6 is 11.3 Å². The van der Waals surface area contributed by atoms with Crippen LogP contribution in [0.3, 0.4) is 0 Å². The van der Waals surface area contributed by atoms with E-state index in [1.165, 1.54) is 4.31 Å². The summed E-state index contributed by atoms with van der Waals surface area (Å²) in [6, 6.07) is 11.9. The molecule has 1 heterocycles. The Morgan fingerprint density at radius 2 is 1.93 bits per heavy atom. The fourth-order valence-corrected chi connectivity index (χ4v) is 5.26. The van der Waals surface area contributed by atoms with Gasteiger partial charge in [0.25, 0.3) is 15.9 Å². The van der Waals surface area contributed by atoms with Gasteiger partial charge in [0.2, 0.25) is 0 Å². The molecule has 9 heteroatoms. The van der Waals surface area contributed by atoms with Crippen LogP contribution in [0.1, 0.15) is 24.3 Å². The molecule has 2 rings (SSSR count). The molecule has 1 N–H and O–H groups in total. The summed E-state index contributed by atoms with van der Waals surface area (Å²) in [5.74, 6) is -0.0110. The quantitative estimate of drug-likeness (QED) is 0.688. The van der Waals surface area contributed by atoms with Gasteiger partial charge in [0, 0.05) is 18.0 Å². The molecule has 0 aliphatic carbocycles. The van der Waals surface area contributed by atoms with Crippen LogP contribution in [0.25, 0.3) is 0 Å². The lowest BCUT2D eigenvalue weighted by Crippen LogP contribution is -2.30. The van der Waals surface area contributed by atoms with Crippen molar-refractivity contribution >= 4 is 27.3 Å². The summed E-state index contributed by atoms with van der Waals surface area (Å²) in [6.07, 6.45) is 0. The van der Waals surface area contributed by atoms with Gasteiger partial charge >= 0.3 is 0 Å². The van der Waals surface area contributed by atoms with Crippen LogP contribution in [0.5, 0.6) is 5.75 Å². The monoisotopic (exact) mass is 407 g/mol. The zero-order valence-electron chi connectivity index (χ0n) is 15.1. The van der Waals surface area contributed by atoms with E-state index in [0.29, 0.717) is 24.4 Å². The van der Waals surface area contributed by atoms with Crippen LogP contribution in [0.15, 0.2) is 40.6 Å². The number of amides is 1. The Balaban J connectivity index is 1.91. The number of nitriles is 1. The molecule has 0 aliphatic heterocycles. The van der Waals surface area contributed by atoms with Gasteiger partial charge in [0.1, 0.15) is 16.0 Å². The molecule has 27 heavy (non-hydrogen) atoms. The van der Waals surface area contributed by atoms with Crippen molar-refractivity contribution in [3.63, 3.8) is 0 Å². The third-order valence-electron chi connectivity index (χ3n) is 3.76. The second-order valence-electron chi connectivity index (χ2n) is 5.48. The van der Waals surface area contributed by atoms with E-state index in [2.05, 4.69) is 5.32 Å². The van der Waals surface area contributed by atoms with Gasteiger partial charge in [0.15, 0.2) is 6.61 Å². The summed E-state index contributed by atoms with van der Waals surface area (Å²) in [7, 11) is -3.49. The molecule has 1 aromatic heterocycles. The average Bonchev–Trinajstić information content (AvgIpc) is 3.15. The van der Waals surface area contributed by atoms with Crippen molar-refractivity contribution in [1.29, 1.82) is 5.26 Å². The molecule has 1 aromatic carbocycles. The van der Waals surface area contributed by atoms with Gasteiger partial charge in [-0.3, -0.25) is 4.79 Å². The maximum atomic E-state index is 12.5. The largest absolute Gasteiger partial charge is 0.482 e. The summed E-state index contributed by atoms with van der Waals surface area (Å²) in [5, 5.41) is 11.7. The summed E-state index contributed by atoms with van der Waals surface area (Å²) in [6.45, 7) is 4.38. The first kappa shape index (κ1) is 20.9. The van der Waals surface area contributed by atoms with Crippen molar-refractivity contribution in [2.45, 2.75) is 24.6 Å². The molecule has 0 spiro atoms. The Hall–Kier alpha value is -2.41. The van der Waals surface area contributed by atoms with Gasteiger partial charge in [-0.2, -0.15) is 9.57 Å². The van der Waals surface area contributed by atoms with Crippen LogP contribution < -0.4 is 10.1 Å². The molecular weight excluding hydrogens is 386 g/mol. The molecule has 0 atom stereocenters. The second kappa shape index (κ2) is 9.50. The summed E-state index contributed by atoms with van der Waals surface area (Å²) in [5.41, 5.74) is 0.356.